The zero-order valence-electron chi connectivity index (χ0n) is 11.0. The van der Waals surface area contributed by atoms with Gasteiger partial charge in [-0.3, -0.25) is 4.79 Å². The Hall–Kier alpha value is -2.15. The van der Waals surface area contributed by atoms with Crippen LogP contribution in [0.3, 0.4) is 0 Å². The lowest BCUT2D eigenvalue weighted by atomic mass is 10.3. The molecular weight excluding hydrogens is 262 g/mol. The summed E-state index contributed by atoms with van der Waals surface area (Å²) in [5, 5.41) is 11.7. The Morgan fingerprint density at radius 2 is 2.10 bits per heavy atom. The van der Waals surface area contributed by atoms with Crippen molar-refractivity contribution in [3.8, 4) is 0 Å². The minimum atomic E-state index is -1.01. The Morgan fingerprint density at radius 1 is 1.35 bits per heavy atom. The Labute approximate surface area is 116 Å². The first-order chi connectivity index (χ1) is 9.66. The number of carboxylic acids is 1. The number of carboxylic acid groups (broad SMARTS) is 1. The maximum Gasteiger partial charge on any atom is 0.337 e. The third kappa shape index (κ3) is 3.92. The normalized spacial score (nSPS) is 14.9. The topological polar surface area (TPSA) is 91.8 Å². The van der Waals surface area contributed by atoms with Gasteiger partial charge in [0.1, 0.15) is 5.82 Å². The second-order valence-corrected chi connectivity index (χ2v) is 4.41. The van der Waals surface area contributed by atoms with Crippen LogP contribution in [0.4, 0.5) is 5.82 Å². The molecule has 20 heavy (non-hydrogen) atoms. The lowest BCUT2D eigenvalue weighted by molar-refractivity contribution is -0.134. The van der Waals surface area contributed by atoms with Crippen molar-refractivity contribution in [3.05, 3.63) is 23.9 Å². The third-order valence-electron chi connectivity index (χ3n) is 3.02. The van der Waals surface area contributed by atoms with E-state index in [0.29, 0.717) is 45.1 Å². The fraction of sp³-hybridized carbons (Fsp3) is 0.462. The van der Waals surface area contributed by atoms with E-state index in [1.165, 1.54) is 12.3 Å². The van der Waals surface area contributed by atoms with E-state index in [2.05, 4.69) is 10.3 Å². The number of amides is 1. The van der Waals surface area contributed by atoms with E-state index >= 15 is 0 Å². The van der Waals surface area contributed by atoms with Gasteiger partial charge in [0.15, 0.2) is 0 Å². The van der Waals surface area contributed by atoms with Crippen LogP contribution in [-0.4, -0.2) is 59.7 Å². The van der Waals surface area contributed by atoms with Gasteiger partial charge in [0.2, 0.25) is 5.91 Å². The van der Waals surface area contributed by atoms with Crippen molar-refractivity contribution in [1.82, 2.24) is 9.88 Å². The largest absolute Gasteiger partial charge is 0.478 e. The van der Waals surface area contributed by atoms with Crippen molar-refractivity contribution in [2.45, 2.75) is 6.42 Å². The smallest absolute Gasteiger partial charge is 0.337 e. The summed E-state index contributed by atoms with van der Waals surface area (Å²) < 4.78 is 5.19. The highest BCUT2D eigenvalue weighted by Gasteiger charge is 2.16. The molecule has 7 nitrogen and oxygen atoms in total. The molecule has 0 aliphatic carbocycles. The van der Waals surface area contributed by atoms with Gasteiger partial charge in [-0.25, -0.2) is 9.78 Å². The number of hydrogen-bond donors (Lipinski definition) is 2. The molecule has 108 valence electrons. The van der Waals surface area contributed by atoms with Crippen molar-refractivity contribution >= 4 is 17.7 Å². The molecule has 0 spiro atoms. The van der Waals surface area contributed by atoms with E-state index in [4.69, 9.17) is 9.84 Å². The van der Waals surface area contributed by atoms with Crippen LogP contribution in [0.1, 0.15) is 16.8 Å². The first-order valence-corrected chi connectivity index (χ1v) is 6.45. The Balaban J connectivity index is 1.74. The monoisotopic (exact) mass is 279 g/mol. The number of carbonyl (C=O) groups excluding carboxylic acids is 1. The van der Waals surface area contributed by atoms with Gasteiger partial charge in [0.25, 0.3) is 0 Å². The number of rotatable bonds is 5. The highest BCUT2D eigenvalue weighted by atomic mass is 16.5. The Kier molecular flexibility index (Phi) is 4.89. The molecule has 1 aromatic heterocycles. The van der Waals surface area contributed by atoms with Gasteiger partial charge in [-0.1, -0.05) is 0 Å². The number of anilines is 1. The first kappa shape index (κ1) is 14.3. The van der Waals surface area contributed by atoms with E-state index in [-0.39, 0.29) is 11.5 Å². The number of ether oxygens (including phenoxy) is 1. The maximum atomic E-state index is 11.9. The van der Waals surface area contributed by atoms with E-state index in [1.54, 1.807) is 11.0 Å². The quantitative estimate of drug-likeness (QED) is 0.812. The highest BCUT2D eigenvalue weighted by molar-refractivity contribution is 5.87. The summed E-state index contributed by atoms with van der Waals surface area (Å²) in [6, 6.07) is 3.06. The van der Waals surface area contributed by atoms with Crippen LogP contribution >= 0.6 is 0 Å². The SMILES string of the molecule is O=C(O)c1ccc(NCCC(=O)N2CCOCC2)nc1. The predicted octanol–water partition coefficient (Wildman–Crippen LogP) is 0.441. The summed E-state index contributed by atoms with van der Waals surface area (Å²) in [5.41, 5.74) is 0.139. The summed E-state index contributed by atoms with van der Waals surface area (Å²) >= 11 is 0. The number of carbonyl (C=O) groups is 2. The van der Waals surface area contributed by atoms with Crippen molar-refractivity contribution < 1.29 is 19.4 Å². The molecule has 0 unspecified atom stereocenters. The van der Waals surface area contributed by atoms with Gasteiger partial charge in [-0.2, -0.15) is 0 Å². The molecule has 1 aliphatic rings. The zero-order valence-corrected chi connectivity index (χ0v) is 11.0. The van der Waals surface area contributed by atoms with Gasteiger partial charge in [0.05, 0.1) is 18.8 Å². The zero-order chi connectivity index (χ0) is 14.4. The van der Waals surface area contributed by atoms with Crippen molar-refractivity contribution in [1.29, 1.82) is 0 Å². The lowest BCUT2D eigenvalue weighted by Gasteiger charge is -2.26. The van der Waals surface area contributed by atoms with Gasteiger partial charge in [-0.05, 0) is 12.1 Å². The fourth-order valence-corrected chi connectivity index (χ4v) is 1.89. The molecule has 2 heterocycles. The maximum absolute atomic E-state index is 11.9. The fourth-order valence-electron chi connectivity index (χ4n) is 1.89. The minimum Gasteiger partial charge on any atom is -0.478 e. The van der Waals surface area contributed by atoms with E-state index in [0.717, 1.165) is 0 Å². The van der Waals surface area contributed by atoms with Gasteiger partial charge >= 0.3 is 5.97 Å². The number of aromatic nitrogens is 1. The van der Waals surface area contributed by atoms with Crippen LogP contribution in [0.5, 0.6) is 0 Å². The predicted molar refractivity (Wildman–Crippen MR) is 71.7 cm³/mol. The van der Waals surface area contributed by atoms with Gasteiger partial charge < -0.3 is 20.1 Å². The van der Waals surface area contributed by atoms with E-state index in [9.17, 15) is 9.59 Å². The van der Waals surface area contributed by atoms with Crippen LogP contribution in [0.15, 0.2) is 18.3 Å². The third-order valence-corrected chi connectivity index (χ3v) is 3.02. The number of aromatic carboxylic acids is 1. The molecule has 1 amide bonds. The minimum absolute atomic E-state index is 0.0861. The Morgan fingerprint density at radius 3 is 2.70 bits per heavy atom. The van der Waals surface area contributed by atoms with E-state index < -0.39 is 5.97 Å². The Bertz CT molecular complexity index is 469. The molecule has 2 rings (SSSR count). The summed E-state index contributed by atoms with van der Waals surface area (Å²) in [4.78, 5) is 28.3. The second-order valence-electron chi connectivity index (χ2n) is 4.41. The molecule has 0 saturated carbocycles. The summed E-state index contributed by atoms with van der Waals surface area (Å²) in [5.74, 6) is -0.362. The van der Waals surface area contributed by atoms with Crippen LogP contribution in [0.25, 0.3) is 0 Å². The molecule has 1 fully saturated rings. The number of nitrogens with zero attached hydrogens (tertiary/aromatic N) is 2. The summed E-state index contributed by atoms with van der Waals surface area (Å²) in [6.45, 7) is 2.94. The summed E-state index contributed by atoms with van der Waals surface area (Å²) in [7, 11) is 0. The van der Waals surface area contributed by atoms with Crippen LogP contribution < -0.4 is 5.32 Å². The molecular formula is C13H17N3O4. The molecule has 0 aromatic carbocycles. The average Bonchev–Trinajstić information content (AvgIpc) is 2.48. The molecule has 0 bridgehead atoms. The van der Waals surface area contributed by atoms with Gasteiger partial charge in [0, 0.05) is 32.3 Å². The molecule has 1 aliphatic heterocycles. The molecule has 2 N–H and O–H groups in total. The van der Waals surface area contributed by atoms with Crippen molar-refractivity contribution in [2.75, 3.05) is 38.2 Å². The number of morpholine rings is 1. The van der Waals surface area contributed by atoms with Crippen LogP contribution in [0.2, 0.25) is 0 Å². The van der Waals surface area contributed by atoms with Crippen LogP contribution in [-0.2, 0) is 9.53 Å². The average molecular weight is 279 g/mol. The first-order valence-electron chi connectivity index (χ1n) is 6.45. The van der Waals surface area contributed by atoms with Crippen molar-refractivity contribution in [3.63, 3.8) is 0 Å². The molecule has 1 saturated heterocycles. The number of nitrogens with one attached hydrogen (secondary N) is 1. The lowest BCUT2D eigenvalue weighted by Crippen LogP contribution is -2.41. The van der Waals surface area contributed by atoms with Gasteiger partial charge in [-0.15, -0.1) is 0 Å². The molecule has 0 radical (unpaired) electrons. The highest BCUT2D eigenvalue weighted by Crippen LogP contribution is 2.06. The van der Waals surface area contributed by atoms with Crippen molar-refractivity contribution in [2.24, 2.45) is 0 Å². The van der Waals surface area contributed by atoms with Crippen LogP contribution in [0, 0.1) is 0 Å². The number of pyridine rings is 1. The number of hydrogen-bond acceptors (Lipinski definition) is 5. The van der Waals surface area contributed by atoms with E-state index in [1.807, 2.05) is 0 Å². The molecule has 1 aromatic rings. The second kappa shape index (κ2) is 6.85. The summed E-state index contributed by atoms with van der Waals surface area (Å²) in [6.07, 6.45) is 1.66. The molecule has 7 heteroatoms. The molecule has 0 atom stereocenters. The standard InChI is InChI=1S/C13H17N3O4/c17-12(16-5-7-20-8-6-16)3-4-14-11-2-1-10(9-15-11)13(18)19/h1-2,9H,3-8H2,(H,14,15)(H,18,19).